The second-order valence-corrected chi connectivity index (χ2v) is 6.32. The fraction of sp³-hybridized carbons (Fsp3) is 0.643. The van der Waals surface area contributed by atoms with Gasteiger partial charge in [-0.1, -0.05) is 24.4 Å². The van der Waals surface area contributed by atoms with Crippen LogP contribution in [0.1, 0.15) is 39.5 Å². The Morgan fingerprint density at radius 1 is 1.24 bits per heavy atom. The summed E-state index contributed by atoms with van der Waals surface area (Å²) in [5.74, 6) is 1.31. The van der Waals surface area contributed by atoms with E-state index in [4.69, 9.17) is 23.8 Å². The second-order valence-electron chi connectivity index (χ2n) is 5.53. The summed E-state index contributed by atoms with van der Waals surface area (Å²) in [5.41, 5.74) is 0. The van der Waals surface area contributed by atoms with Gasteiger partial charge in [-0.25, -0.2) is 4.98 Å². The molecule has 2 N–H and O–H groups in total. The molecule has 1 saturated heterocycles. The van der Waals surface area contributed by atoms with Gasteiger partial charge in [-0.15, -0.1) is 0 Å². The van der Waals surface area contributed by atoms with Crippen LogP contribution in [0.15, 0.2) is 6.07 Å². The van der Waals surface area contributed by atoms with E-state index >= 15 is 0 Å². The zero-order valence-corrected chi connectivity index (χ0v) is 14.1. The average molecular weight is 328 g/mol. The zero-order chi connectivity index (χ0) is 15.2. The highest BCUT2D eigenvalue weighted by Gasteiger charge is 2.14. The number of anilines is 2. The molecule has 1 aromatic rings. The molecule has 0 atom stereocenters. The lowest BCUT2D eigenvalue weighted by atomic mass is 10.2. The molecule has 0 unspecified atom stereocenters. The molecule has 0 bridgehead atoms. The van der Waals surface area contributed by atoms with Gasteiger partial charge < -0.3 is 15.5 Å². The van der Waals surface area contributed by atoms with Crippen LogP contribution in [0.4, 0.5) is 11.8 Å². The van der Waals surface area contributed by atoms with E-state index < -0.39 is 0 Å². The lowest BCUT2D eigenvalue weighted by Crippen LogP contribution is -2.34. The normalized spacial score (nSPS) is 15.7. The highest BCUT2D eigenvalue weighted by Crippen LogP contribution is 2.21. The van der Waals surface area contributed by atoms with E-state index in [0.717, 1.165) is 18.9 Å². The van der Waals surface area contributed by atoms with E-state index in [2.05, 4.69) is 25.5 Å². The summed E-state index contributed by atoms with van der Waals surface area (Å²) in [5, 5.41) is 7.04. The maximum absolute atomic E-state index is 6.12. The molecular formula is C14H22ClN5S. The highest BCUT2D eigenvalue weighted by atomic mass is 35.5. The number of aromatic nitrogens is 2. The molecule has 0 amide bonds. The van der Waals surface area contributed by atoms with Crippen LogP contribution < -0.4 is 15.5 Å². The van der Waals surface area contributed by atoms with E-state index in [9.17, 15) is 0 Å². The molecule has 116 valence electrons. The molecule has 2 rings (SSSR count). The van der Waals surface area contributed by atoms with Gasteiger partial charge in [0.25, 0.3) is 0 Å². The van der Waals surface area contributed by atoms with Crippen molar-refractivity contribution in [3.05, 3.63) is 11.2 Å². The number of hydrogen-bond acceptors (Lipinski definition) is 4. The van der Waals surface area contributed by atoms with E-state index in [1.54, 1.807) is 0 Å². The summed E-state index contributed by atoms with van der Waals surface area (Å²) in [7, 11) is 0. The van der Waals surface area contributed by atoms with E-state index in [0.29, 0.717) is 16.2 Å². The van der Waals surface area contributed by atoms with Crippen LogP contribution in [0.5, 0.6) is 0 Å². The van der Waals surface area contributed by atoms with Gasteiger partial charge in [0, 0.05) is 25.2 Å². The summed E-state index contributed by atoms with van der Waals surface area (Å²) in [6, 6.07) is 2.08. The Hall–Kier alpha value is -1.14. The Kier molecular flexibility index (Phi) is 5.99. The summed E-state index contributed by atoms with van der Waals surface area (Å²) in [6.45, 7) is 6.08. The van der Waals surface area contributed by atoms with Crippen LogP contribution in [-0.2, 0) is 0 Å². The number of halogens is 1. The molecule has 21 heavy (non-hydrogen) atoms. The summed E-state index contributed by atoms with van der Waals surface area (Å²) < 4.78 is 0. The SMILES string of the molecule is CC(C)NC(=S)Nc1nc(Cl)cc(N2CCCCCC2)n1. The highest BCUT2D eigenvalue weighted by molar-refractivity contribution is 7.80. The molecule has 1 aromatic heterocycles. The van der Waals surface area contributed by atoms with Crippen LogP contribution in [-0.4, -0.2) is 34.2 Å². The van der Waals surface area contributed by atoms with Crippen molar-refractivity contribution in [1.29, 1.82) is 0 Å². The minimum atomic E-state index is 0.259. The number of nitrogens with one attached hydrogen (secondary N) is 2. The van der Waals surface area contributed by atoms with Crippen molar-refractivity contribution >= 4 is 40.7 Å². The van der Waals surface area contributed by atoms with Gasteiger partial charge in [0.1, 0.15) is 11.0 Å². The van der Waals surface area contributed by atoms with Gasteiger partial charge in [-0.2, -0.15) is 4.98 Å². The van der Waals surface area contributed by atoms with Crippen molar-refractivity contribution in [2.24, 2.45) is 0 Å². The third-order valence-electron chi connectivity index (χ3n) is 3.26. The van der Waals surface area contributed by atoms with Crippen molar-refractivity contribution in [2.75, 3.05) is 23.3 Å². The number of rotatable bonds is 3. The lowest BCUT2D eigenvalue weighted by Gasteiger charge is -2.22. The first-order valence-corrected chi connectivity index (χ1v) is 8.20. The standard InChI is InChI=1S/C14H22ClN5S/c1-10(2)16-14(21)19-13-17-11(15)9-12(18-13)20-7-5-3-4-6-8-20/h9-10H,3-8H2,1-2H3,(H2,16,17,18,19,21). The number of thiocarbonyl (C=S) groups is 1. The maximum Gasteiger partial charge on any atom is 0.232 e. The Morgan fingerprint density at radius 3 is 2.52 bits per heavy atom. The monoisotopic (exact) mass is 327 g/mol. The van der Waals surface area contributed by atoms with Crippen LogP contribution in [0.25, 0.3) is 0 Å². The van der Waals surface area contributed by atoms with Crippen molar-refractivity contribution in [2.45, 2.75) is 45.6 Å². The Morgan fingerprint density at radius 2 is 1.90 bits per heavy atom. The summed E-state index contributed by atoms with van der Waals surface area (Å²) >= 11 is 11.3. The first-order valence-electron chi connectivity index (χ1n) is 7.41. The van der Waals surface area contributed by atoms with Gasteiger partial charge in [-0.05, 0) is 38.9 Å². The van der Waals surface area contributed by atoms with Crippen LogP contribution in [0, 0.1) is 0 Å². The molecule has 0 radical (unpaired) electrons. The number of nitrogens with zero attached hydrogens (tertiary/aromatic N) is 3. The molecule has 2 heterocycles. The first kappa shape index (κ1) is 16.2. The van der Waals surface area contributed by atoms with Crippen molar-refractivity contribution in [3.8, 4) is 0 Å². The fourth-order valence-corrected chi connectivity index (χ4v) is 2.83. The van der Waals surface area contributed by atoms with E-state index in [-0.39, 0.29) is 6.04 Å². The maximum atomic E-state index is 6.12. The average Bonchev–Trinajstić information content (AvgIpc) is 2.65. The largest absolute Gasteiger partial charge is 0.360 e. The predicted octanol–water partition coefficient (Wildman–Crippen LogP) is 3.21. The van der Waals surface area contributed by atoms with Gasteiger partial charge >= 0.3 is 0 Å². The lowest BCUT2D eigenvalue weighted by molar-refractivity contribution is 0.726. The number of hydrogen-bond donors (Lipinski definition) is 2. The van der Waals surface area contributed by atoms with Crippen LogP contribution >= 0.6 is 23.8 Å². The molecule has 7 heteroatoms. The Balaban J connectivity index is 2.10. The smallest absolute Gasteiger partial charge is 0.232 e. The van der Waals surface area contributed by atoms with Crippen LogP contribution in [0.3, 0.4) is 0 Å². The molecule has 0 aliphatic carbocycles. The van der Waals surface area contributed by atoms with Gasteiger partial charge in [0.2, 0.25) is 5.95 Å². The fourth-order valence-electron chi connectivity index (χ4n) is 2.32. The molecule has 0 spiro atoms. The van der Waals surface area contributed by atoms with Gasteiger partial charge in [-0.3, -0.25) is 0 Å². The van der Waals surface area contributed by atoms with Crippen LogP contribution in [0.2, 0.25) is 5.15 Å². The quantitative estimate of drug-likeness (QED) is 0.657. The molecule has 1 aliphatic rings. The minimum Gasteiger partial charge on any atom is -0.360 e. The molecule has 1 aliphatic heterocycles. The summed E-state index contributed by atoms with van der Waals surface area (Å²) in [4.78, 5) is 11.0. The molecular weight excluding hydrogens is 306 g/mol. The first-order chi connectivity index (χ1) is 10.0. The Labute approximate surface area is 136 Å². The second kappa shape index (κ2) is 7.75. The predicted molar refractivity (Wildman–Crippen MR) is 92.2 cm³/mol. The third-order valence-corrected chi connectivity index (χ3v) is 3.67. The minimum absolute atomic E-state index is 0.259. The van der Waals surface area contributed by atoms with Crippen molar-refractivity contribution in [1.82, 2.24) is 15.3 Å². The topological polar surface area (TPSA) is 53.1 Å². The molecule has 0 saturated carbocycles. The molecule has 5 nitrogen and oxygen atoms in total. The summed E-state index contributed by atoms with van der Waals surface area (Å²) in [6.07, 6.45) is 4.95. The van der Waals surface area contributed by atoms with Crippen molar-refractivity contribution < 1.29 is 0 Å². The Bertz CT molecular complexity index is 486. The third kappa shape index (κ3) is 5.28. The van der Waals surface area contributed by atoms with Gasteiger partial charge in [0.15, 0.2) is 5.11 Å². The zero-order valence-electron chi connectivity index (χ0n) is 12.5. The van der Waals surface area contributed by atoms with Crippen molar-refractivity contribution in [3.63, 3.8) is 0 Å². The van der Waals surface area contributed by atoms with E-state index in [1.807, 2.05) is 19.9 Å². The van der Waals surface area contributed by atoms with Gasteiger partial charge in [0.05, 0.1) is 0 Å². The van der Waals surface area contributed by atoms with E-state index in [1.165, 1.54) is 25.7 Å². The molecule has 0 aromatic carbocycles. The molecule has 1 fully saturated rings.